The standard InChI is InChI=1S/C10H8ClN3O4/c11-8-2-1-6(4-12-8)7-3-9(13-14(7)17)18-5-10(15)16/h1-4,17H,5H2,(H,15,16). The smallest absolute Gasteiger partial charge is 0.341 e. The monoisotopic (exact) mass is 269 g/mol. The van der Waals surface area contributed by atoms with Crippen molar-refractivity contribution in [3.8, 4) is 17.1 Å². The molecule has 94 valence electrons. The van der Waals surface area contributed by atoms with Gasteiger partial charge in [0.05, 0.1) is 0 Å². The van der Waals surface area contributed by atoms with Crippen molar-refractivity contribution in [2.45, 2.75) is 0 Å². The summed E-state index contributed by atoms with van der Waals surface area (Å²) in [5.74, 6) is -1.12. The molecule has 0 fully saturated rings. The lowest BCUT2D eigenvalue weighted by atomic mass is 10.2. The fourth-order valence-corrected chi connectivity index (χ4v) is 1.39. The predicted molar refractivity (Wildman–Crippen MR) is 60.8 cm³/mol. The van der Waals surface area contributed by atoms with E-state index in [1.165, 1.54) is 12.3 Å². The Hall–Kier alpha value is -2.28. The molecule has 0 aliphatic carbocycles. The molecule has 0 radical (unpaired) electrons. The Kier molecular flexibility index (Phi) is 3.33. The number of aliphatic carboxylic acids is 1. The van der Waals surface area contributed by atoms with Crippen molar-refractivity contribution in [2.24, 2.45) is 0 Å². The molecule has 0 atom stereocenters. The number of carboxylic acids is 1. The number of aromatic nitrogens is 3. The number of rotatable bonds is 4. The SMILES string of the molecule is O=C(O)COc1cc(-c2ccc(Cl)nc2)n(O)n1. The Labute approximate surface area is 106 Å². The minimum atomic E-state index is -1.13. The van der Waals surface area contributed by atoms with Crippen LogP contribution in [0.5, 0.6) is 5.88 Å². The minimum absolute atomic E-state index is 0.00449. The van der Waals surface area contributed by atoms with Gasteiger partial charge in [-0.1, -0.05) is 21.5 Å². The zero-order chi connectivity index (χ0) is 13.1. The predicted octanol–water partition coefficient (Wildman–Crippen LogP) is 1.30. The number of carboxylic acid groups (broad SMARTS) is 1. The van der Waals surface area contributed by atoms with Crippen LogP contribution in [0.1, 0.15) is 0 Å². The molecule has 2 rings (SSSR count). The number of nitrogens with zero attached hydrogens (tertiary/aromatic N) is 3. The van der Waals surface area contributed by atoms with Gasteiger partial charge in [-0.15, -0.1) is 0 Å². The van der Waals surface area contributed by atoms with Gasteiger partial charge in [-0.05, 0) is 12.1 Å². The van der Waals surface area contributed by atoms with Crippen molar-refractivity contribution >= 4 is 17.6 Å². The number of hydrogen-bond donors (Lipinski definition) is 2. The third kappa shape index (κ3) is 2.69. The lowest BCUT2D eigenvalue weighted by molar-refractivity contribution is -0.139. The van der Waals surface area contributed by atoms with Crippen molar-refractivity contribution in [2.75, 3.05) is 6.61 Å². The van der Waals surface area contributed by atoms with Gasteiger partial charge in [0, 0.05) is 17.8 Å². The van der Waals surface area contributed by atoms with E-state index in [1.807, 2.05) is 0 Å². The topological polar surface area (TPSA) is 97.5 Å². The first-order valence-electron chi connectivity index (χ1n) is 4.82. The Balaban J connectivity index is 2.23. The van der Waals surface area contributed by atoms with E-state index in [0.717, 1.165) is 0 Å². The van der Waals surface area contributed by atoms with Crippen LogP contribution in [-0.4, -0.2) is 37.8 Å². The maximum absolute atomic E-state index is 10.3. The lowest BCUT2D eigenvalue weighted by Crippen LogP contribution is -2.09. The molecule has 0 saturated heterocycles. The highest BCUT2D eigenvalue weighted by Crippen LogP contribution is 2.23. The number of ether oxygens (including phenoxy) is 1. The summed E-state index contributed by atoms with van der Waals surface area (Å²) in [6.07, 6.45) is 1.45. The van der Waals surface area contributed by atoms with Gasteiger partial charge in [0.2, 0.25) is 5.88 Å². The molecule has 0 bridgehead atoms. The minimum Gasteiger partial charge on any atom is -0.479 e. The molecular formula is C10H8ClN3O4. The van der Waals surface area contributed by atoms with Crippen LogP contribution in [0.3, 0.4) is 0 Å². The number of hydrogen-bond acceptors (Lipinski definition) is 5. The second-order valence-electron chi connectivity index (χ2n) is 3.31. The molecule has 2 N–H and O–H groups in total. The maximum atomic E-state index is 10.3. The second-order valence-corrected chi connectivity index (χ2v) is 3.70. The number of halogens is 1. The van der Waals surface area contributed by atoms with Gasteiger partial charge in [-0.2, -0.15) is 0 Å². The van der Waals surface area contributed by atoms with E-state index in [2.05, 4.69) is 10.1 Å². The highest BCUT2D eigenvalue weighted by atomic mass is 35.5. The molecule has 7 nitrogen and oxygen atoms in total. The van der Waals surface area contributed by atoms with E-state index in [4.69, 9.17) is 21.4 Å². The fraction of sp³-hybridized carbons (Fsp3) is 0.100. The van der Waals surface area contributed by atoms with Crippen LogP contribution < -0.4 is 4.74 Å². The van der Waals surface area contributed by atoms with E-state index in [9.17, 15) is 10.0 Å². The molecule has 2 aromatic heterocycles. The first-order valence-corrected chi connectivity index (χ1v) is 5.20. The lowest BCUT2D eigenvalue weighted by Gasteiger charge is -1.98. The number of pyridine rings is 1. The molecule has 2 heterocycles. The summed E-state index contributed by atoms with van der Waals surface area (Å²) in [5, 5.41) is 21.9. The summed E-state index contributed by atoms with van der Waals surface area (Å²) in [7, 11) is 0. The Morgan fingerprint density at radius 3 is 2.89 bits per heavy atom. The van der Waals surface area contributed by atoms with Crippen LogP contribution in [0.2, 0.25) is 5.15 Å². The highest BCUT2D eigenvalue weighted by molar-refractivity contribution is 6.29. The largest absolute Gasteiger partial charge is 0.479 e. The van der Waals surface area contributed by atoms with Gasteiger partial charge in [-0.3, -0.25) is 0 Å². The summed E-state index contributed by atoms with van der Waals surface area (Å²) in [4.78, 5) is 14.8. The third-order valence-electron chi connectivity index (χ3n) is 2.04. The van der Waals surface area contributed by atoms with E-state index >= 15 is 0 Å². The third-order valence-corrected chi connectivity index (χ3v) is 2.26. The van der Waals surface area contributed by atoms with Crippen LogP contribution >= 0.6 is 11.6 Å². The molecule has 8 heteroatoms. The molecule has 18 heavy (non-hydrogen) atoms. The average Bonchev–Trinajstić information content (AvgIpc) is 2.69. The highest BCUT2D eigenvalue weighted by Gasteiger charge is 2.11. The summed E-state index contributed by atoms with van der Waals surface area (Å²) < 4.78 is 4.84. The van der Waals surface area contributed by atoms with Crippen LogP contribution in [0.25, 0.3) is 11.3 Å². The summed E-state index contributed by atoms with van der Waals surface area (Å²) in [6, 6.07) is 4.59. The molecule has 0 saturated carbocycles. The second kappa shape index (κ2) is 4.92. The van der Waals surface area contributed by atoms with Crippen molar-refractivity contribution in [3.63, 3.8) is 0 Å². The zero-order valence-electron chi connectivity index (χ0n) is 8.95. The van der Waals surface area contributed by atoms with Crippen molar-refractivity contribution in [3.05, 3.63) is 29.5 Å². The summed E-state index contributed by atoms with van der Waals surface area (Å²) in [6.45, 7) is -0.532. The zero-order valence-corrected chi connectivity index (χ0v) is 9.70. The molecule has 0 aliphatic rings. The molecule has 2 aromatic rings. The Bertz CT molecular complexity index is 567. The Morgan fingerprint density at radius 1 is 1.50 bits per heavy atom. The van der Waals surface area contributed by atoms with Crippen LogP contribution in [0, 0.1) is 0 Å². The maximum Gasteiger partial charge on any atom is 0.341 e. The van der Waals surface area contributed by atoms with E-state index in [-0.39, 0.29) is 5.88 Å². The van der Waals surface area contributed by atoms with Crippen LogP contribution in [0.15, 0.2) is 24.4 Å². The number of carbonyl (C=O) groups is 1. The Morgan fingerprint density at radius 2 is 2.28 bits per heavy atom. The molecule has 0 amide bonds. The molecular weight excluding hydrogens is 262 g/mol. The van der Waals surface area contributed by atoms with Crippen LogP contribution in [-0.2, 0) is 4.79 Å². The average molecular weight is 270 g/mol. The van der Waals surface area contributed by atoms with Gasteiger partial charge in [0.1, 0.15) is 10.8 Å². The van der Waals surface area contributed by atoms with E-state index < -0.39 is 12.6 Å². The first kappa shape index (κ1) is 12.2. The summed E-state index contributed by atoms with van der Waals surface area (Å²) >= 11 is 5.64. The first-order chi connectivity index (χ1) is 8.56. The van der Waals surface area contributed by atoms with Gasteiger partial charge < -0.3 is 15.1 Å². The summed E-state index contributed by atoms with van der Waals surface area (Å²) in [5.41, 5.74) is 0.888. The van der Waals surface area contributed by atoms with Crippen molar-refractivity contribution in [1.29, 1.82) is 0 Å². The molecule has 0 aliphatic heterocycles. The van der Waals surface area contributed by atoms with Crippen molar-refractivity contribution in [1.82, 2.24) is 14.9 Å². The quantitative estimate of drug-likeness (QED) is 0.641. The van der Waals surface area contributed by atoms with Crippen LogP contribution in [0.4, 0.5) is 0 Å². The molecule has 0 spiro atoms. The van der Waals surface area contributed by atoms with Gasteiger partial charge in [0.25, 0.3) is 0 Å². The van der Waals surface area contributed by atoms with Crippen molar-refractivity contribution < 1.29 is 19.8 Å². The fourth-order valence-electron chi connectivity index (χ4n) is 1.28. The van der Waals surface area contributed by atoms with Gasteiger partial charge in [-0.25, -0.2) is 9.78 Å². The molecule has 0 unspecified atom stereocenters. The van der Waals surface area contributed by atoms with Gasteiger partial charge in [0.15, 0.2) is 6.61 Å². The normalized spacial score (nSPS) is 10.3. The van der Waals surface area contributed by atoms with E-state index in [1.54, 1.807) is 12.1 Å². The van der Waals surface area contributed by atoms with Gasteiger partial charge >= 0.3 is 5.97 Å². The van der Waals surface area contributed by atoms with E-state index in [0.29, 0.717) is 21.3 Å². The molecule has 0 aromatic carbocycles.